The van der Waals surface area contributed by atoms with Crippen molar-refractivity contribution in [3.05, 3.63) is 76.0 Å². The van der Waals surface area contributed by atoms with Crippen LogP contribution in [0.1, 0.15) is 67.3 Å². The third-order valence-electron chi connectivity index (χ3n) is 7.63. The molecule has 2 aromatic carbocycles. The first-order valence-corrected chi connectivity index (χ1v) is 13.6. The lowest BCUT2D eigenvalue weighted by Gasteiger charge is -2.39. The van der Waals surface area contributed by atoms with Crippen LogP contribution in [0.5, 0.6) is 5.75 Å². The summed E-state index contributed by atoms with van der Waals surface area (Å²) in [5.41, 5.74) is 6.17. The molecule has 0 radical (unpaired) electrons. The molecule has 1 unspecified atom stereocenters. The van der Waals surface area contributed by atoms with Crippen molar-refractivity contribution >= 4 is 0 Å². The fraction of sp³-hybridized carbons (Fsp3) is 0.548. The van der Waals surface area contributed by atoms with Crippen LogP contribution in [0.3, 0.4) is 0 Å². The third-order valence-corrected chi connectivity index (χ3v) is 7.63. The highest BCUT2D eigenvalue weighted by Crippen LogP contribution is 2.32. The topological polar surface area (TPSA) is 15.7 Å². The number of nitrogens with zero attached hydrogens (tertiary/aromatic N) is 2. The molecular weight excluding hydrogens is 454 g/mol. The van der Waals surface area contributed by atoms with E-state index in [2.05, 4.69) is 49.3 Å². The summed E-state index contributed by atoms with van der Waals surface area (Å²) in [5, 5.41) is 0. The Morgan fingerprint density at radius 2 is 1.89 bits per heavy atom. The number of fused-ring (bicyclic) bond motifs is 1. The first-order chi connectivity index (χ1) is 17.2. The van der Waals surface area contributed by atoms with Crippen molar-refractivity contribution in [2.75, 3.05) is 26.2 Å². The van der Waals surface area contributed by atoms with E-state index in [-0.39, 0.29) is 0 Å². The number of aryl methyl sites for hydroxylation is 2. The monoisotopic (exact) mass is 496 g/mol. The lowest BCUT2D eigenvalue weighted by atomic mass is 9.93. The third kappa shape index (κ3) is 6.47. The van der Waals surface area contributed by atoms with Crippen LogP contribution in [0, 0.1) is 37.3 Å². The maximum absolute atomic E-state index is 14.4. The van der Waals surface area contributed by atoms with Crippen molar-refractivity contribution in [2.24, 2.45) is 11.8 Å². The molecule has 0 saturated carbocycles. The van der Waals surface area contributed by atoms with Gasteiger partial charge in [-0.1, -0.05) is 26.5 Å². The Kier molecular flexibility index (Phi) is 8.71. The van der Waals surface area contributed by atoms with E-state index < -0.39 is 11.6 Å². The Hall–Kier alpha value is -2.40. The number of benzene rings is 2. The molecule has 1 fully saturated rings. The van der Waals surface area contributed by atoms with E-state index in [1.165, 1.54) is 23.1 Å². The van der Waals surface area contributed by atoms with Gasteiger partial charge in [0.25, 0.3) is 0 Å². The maximum Gasteiger partial charge on any atom is 0.130 e. The summed E-state index contributed by atoms with van der Waals surface area (Å²) in [6.45, 7) is 17.8. The summed E-state index contributed by atoms with van der Waals surface area (Å²) in [6, 6.07) is 7.22. The number of hydrogen-bond donors (Lipinski definition) is 0. The molecule has 0 aliphatic carbocycles. The highest BCUT2D eigenvalue weighted by atomic mass is 19.1. The molecule has 2 aromatic rings. The van der Waals surface area contributed by atoms with Crippen LogP contribution in [0.2, 0.25) is 0 Å². The molecule has 1 atom stereocenters. The molecule has 0 spiro atoms. The van der Waals surface area contributed by atoms with Gasteiger partial charge in [0.05, 0.1) is 6.61 Å². The van der Waals surface area contributed by atoms with Gasteiger partial charge in [0, 0.05) is 49.4 Å². The summed E-state index contributed by atoms with van der Waals surface area (Å²) in [5.74, 6) is 0.944. The summed E-state index contributed by atoms with van der Waals surface area (Å²) in [6.07, 6.45) is 5.52. The van der Waals surface area contributed by atoms with Crippen molar-refractivity contribution in [1.82, 2.24) is 9.80 Å². The standard InChI is InChI=1S/C31H42F2N2O/c1-21(2)17-35(18-25-13-22(3)28-10-6-7-12-36-31(28)15-25)24(5)26-9-8-11-34(19-26)20-27-14-23(4)29(32)16-30(27)33/h13-16,21,26H,5-12,17-20H2,1-4H3. The molecule has 196 valence electrons. The van der Waals surface area contributed by atoms with Crippen LogP contribution in [0.4, 0.5) is 8.78 Å². The highest BCUT2D eigenvalue weighted by Gasteiger charge is 2.27. The predicted molar refractivity (Wildman–Crippen MR) is 143 cm³/mol. The summed E-state index contributed by atoms with van der Waals surface area (Å²) < 4.78 is 34.3. The Labute approximate surface area is 216 Å². The Morgan fingerprint density at radius 1 is 1.08 bits per heavy atom. The van der Waals surface area contributed by atoms with Crippen molar-refractivity contribution in [3.8, 4) is 5.75 Å². The van der Waals surface area contributed by atoms with Crippen LogP contribution >= 0.6 is 0 Å². The normalized spacial score (nSPS) is 18.5. The van der Waals surface area contributed by atoms with Gasteiger partial charge in [0.1, 0.15) is 17.4 Å². The Morgan fingerprint density at radius 3 is 2.67 bits per heavy atom. The zero-order valence-corrected chi connectivity index (χ0v) is 22.5. The minimum Gasteiger partial charge on any atom is -0.493 e. The van der Waals surface area contributed by atoms with E-state index in [0.717, 1.165) is 76.0 Å². The van der Waals surface area contributed by atoms with Crippen molar-refractivity contribution in [2.45, 2.75) is 72.9 Å². The number of likely N-dealkylation sites (tertiary alicyclic amines) is 1. The minimum absolute atomic E-state index is 0.320. The van der Waals surface area contributed by atoms with Gasteiger partial charge in [-0.3, -0.25) is 4.90 Å². The molecule has 0 amide bonds. The molecule has 1 saturated heterocycles. The zero-order valence-electron chi connectivity index (χ0n) is 22.5. The van der Waals surface area contributed by atoms with Gasteiger partial charge in [-0.05, 0) is 92.8 Å². The van der Waals surface area contributed by atoms with Crippen LogP contribution in [-0.4, -0.2) is 36.0 Å². The van der Waals surface area contributed by atoms with E-state index in [4.69, 9.17) is 4.74 Å². The summed E-state index contributed by atoms with van der Waals surface area (Å²) in [7, 11) is 0. The van der Waals surface area contributed by atoms with Gasteiger partial charge in [-0.2, -0.15) is 0 Å². The van der Waals surface area contributed by atoms with Gasteiger partial charge in [-0.15, -0.1) is 0 Å². The van der Waals surface area contributed by atoms with E-state index in [1.54, 1.807) is 13.0 Å². The fourth-order valence-corrected chi connectivity index (χ4v) is 5.74. The molecule has 2 heterocycles. The largest absolute Gasteiger partial charge is 0.493 e. The van der Waals surface area contributed by atoms with Crippen molar-refractivity contribution in [3.63, 3.8) is 0 Å². The summed E-state index contributed by atoms with van der Waals surface area (Å²) in [4.78, 5) is 4.74. The van der Waals surface area contributed by atoms with Crippen LogP contribution in [0.25, 0.3) is 0 Å². The second-order valence-corrected chi connectivity index (χ2v) is 11.2. The molecule has 5 heteroatoms. The van der Waals surface area contributed by atoms with E-state index in [9.17, 15) is 8.78 Å². The molecule has 4 rings (SSSR count). The SMILES string of the molecule is C=C(C1CCCN(Cc2cc(C)c(F)cc2F)C1)N(Cc1cc(C)c2c(c1)OCCCC2)CC(C)C. The summed E-state index contributed by atoms with van der Waals surface area (Å²) >= 11 is 0. The number of rotatable bonds is 8. The van der Waals surface area contributed by atoms with E-state index in [0.29, 0.717) is 29.5 Å². The molecule has 0 N–H and O–H groups in total. The average molecular weight is 497 g/mol. The van der Waals surface area contributed by atoms with Gasteiger partial charge in [-0.25, -0.2) is 8.78 Å². The van der Waals surface area contributed by atoms with Crippen LogP contribution < -0.4 is 4.74 Å². The van der Waals surface area contributed by atoms with Gasteiger partial charge >= 0.3 is 0 Å². The number of hydrogen-bond acceptors (Lipinski definition) is 3. The Bertz CT molecular complexity index is 1080. The lowest BCUT2D eigenvalue weighted by Crippen LogP contribution is -2.40. The second-order valence-electron chi connectivity index (χ2n) is 11.2. The molecule has 3 nitrogen and oxygen atoms in total. The smallest absolute Gasteiger partial charge is 0.130 e. The lowest BCUT2D eigenvalue weighted by molar-refractivity contribution is 0.153. The molecular formula is C31H42F2N2O. The zero-order chi connectivity index (χ0) is 25.8. The number of halogens is 2. The van der Waals surface area contributed by atoms with Crippen molar-refractivity contribution in [1.29, 1.82) is 0 Å². The van der Waals surface area contributed by atoms with Gasteiger partial charge < -0.3 is 9.64 Å². The Balaban J connectivity index is 1.48. The molecule has 2 aliphatic heterocycles. The molecule has 2 aliphatic rings. The van der Waals surface area contributed by atoms with E-state index >= 15 is 0 Å². The molecule has 36 heavy (non-hydrogen) atoms. The number of piperidine rings is 1. The van der Waals surface area contributed by atoms with E-state index in [1.807, 2.05) is 0 Å². The van der Waals surface area contributed by atoms with Gasteiger partial charge in [0.2, 0.25) is 0 Å². The van der Waals surface area contributed by atoms with Crippen LogP contribution in [-0.2, 0) is 19.5 Å². The van der Waals surface area contributed by atoms with Crippen molar-refractivity contribution < 1.29 is 13.5 Å². The first kappa shape index (κ1) is 26.7. The fourth-order valence-electron chi connectivity index (χ4n) is 5.74. The maximum atomic E-state index is 14.4. The molecule has 0 bridgehead atoms. The van der Waals surface area contributed by atoms with Crippen LogP contribution in [0.15, 0.2) is 36.5 Å². The highest BCUT2D eigenvalue weighted by molar-refractivity contribution is 5.44. The quantitative estimate of drug-likeness (QED) is 0.385. The number of ether oxygens (including phenoxy) is 1. The molecule has 0 aromatic heterocycles. The average Bonchev–Trinajstić information content (AvgIpc) is 3.07. The minimum atomic E-state index is -0.482. The first-order valence-electron chi connectivity index (χ1n) is 13.6. The van der Waals surface area contributed by atoms with Gasteiger partial charge in [0.15, 0.2) is 0 Å². The predicted octanol–water partition coefficient (Wildman–Crippen LogP) is 7.18. The second kappa shape index (κ2) is 11.8.